The van der Waals surface area contributed by atoms with Gasteiger partial charge in [-0.15, -0.1) is 11.8 Å². The van der Waals surface area contributed by atoms with Crippen molar-refractivity contribution in [3.8, 4) is 0 Å². The van der Waals surface area contributed by atoms with Crippen LogP contribution in [0, 0.1) is 5.82 Å². The number of fused-ring (bicyclic) bond motifs is 1. The normalized spacial score (nSPS) is 10.7. The lowest BCUT2D eigenvalue weighted by Crippen LogP contribution is -2.14. The summed E-state index contributed by atoms with van der Waals surface area (Å²) < 4.78 is 13.8. The van der Waals surface area contributed by atoms with Crippen LogP contribution in [0.3, 0.4) is 0 Å². The quantitative estimate of drug-likeness (QED) is 0.726. The minimum atomic E-state index is -0.212. The predicted molar refractivity (Wildman–Crippen MR) is 95.1 cm³/mol. The molecule has 23 heavy (non-hydrogen) atoms. The van der Waals surface area contributed by atoms with Crippen LogP contribution in [0.15, 0.2) is 66.7 Å². The number of rotatable bonds is 5. The smallest absolute Gasteiger partial charge is 0.234 e. The molecule has 3 rings (SSSR count). The van der Waals surface area contributed by atoms with E-state index in [0.717, 1.165) is 16.6 Å². The Hall–Kier alpha value is -2.33. The SMILES string of the molecule is O=C(CSCc1ccc(F)c2ccccc12)Nc1ccccc1. The second kappa shape index (κ2) is 7.29. The number of thioether (sulfide) groups is 1. The molecule has 0 aliphatic heterocycles. The van der Waals surface area contributed by atoms with Crippen molar-refractivity contribution in [2.24, 2.45) is 0 Å². The molecule has 3 aromatic rings. The van der Waals surface area contributed by atoms with Crippen molar-refractivity contribution in [1.82, 2.24) is 0 Å². The molecule has 1 amide bonds. The molecule has 116 valence electrons. The summed E-state index contributed by atoms with van der Waals surface area (Å²) in [6.07, 6.45) is 0. The largest absolute Gasteiger partial charge is 0.325 e. The highest BCUT2D eigenvalue weighted by Crippen LogP contribution is 2.25. The van der Waals surface area contributed by atoms with Crippen LogP contribution in [-0.2, 0) is 10.5 Å². The minimum absolute atomic E-state index is 0.0346. The molecule has 0 fully saturated rings. The molecule has 0 unspecified atom stereocenters. The fourth-order valence-electron chi connectivity index (χ4n) is 2.42. The van der Waals surface area contributed by atoms with Gasteiger partial charge in [-0.3, -0.25) is 4.79 Å². The van der Waals surface area contributed by atoms with Crippen molar-refractivity contribution in [1.29, 1.82) is 0 Å². The number of benzene rings is 3. The highest BCUT2D eigenvalue weighted by Gasteiger charge is 2.07. The summed E-state index contributed by atoms with van der Waals surface area (Å²) >= 11 is 1.52. The van der Waals surface area contributed by atoms with Gasteiger partial charge in [0, 0.05) is 16.8 Å². The molecule has 0 radical (unpaired) electrons. The monoisotopic (exact) mass is 325 g/mol. The van der Waals surface area contributed by atoms with Crippen LogP contribution >= 0.6 is 11.8 Å². The Kier molecular flexibility index (Phi) is 4.93. The van der Waals surface area contributed by atoms with Gasteiger partial charge in [0.2, 0.25) is 5.91 Å². The van der Waals surface area contributed by atoms with Gasteiger partial charge in [0.05, 0.1) is 5.75 Å². The standard InChI is InChI=1S/C19H16FNOS/c20-18-11-10-14(16-8-4-5-9-17(16)18)12-23-13-19(22)21-15-6-2-1-3-7-15/h1-11H,12-13H2,(H,21,22). The van der Waals surface area contributed by atoms with Crippen LogP contribution in [0.5, 0.6) is 0 Å². The summed E-state index contributed by atoms with van der Waals surface area (Å²) in [4.78, 5) is 11.9. The van der Waals surface area contributed by atoms with Crippen molar-refractivity contribution in [3.05, 3.63) is 78.1 Å². The molecular weight excluding hydrogens is 309 g/mol. The third-order valence-electron chi connectivity index (χ3n) is 3.51. The maximum atomic E-state index is 13.8. The molecule has 0 saturated heterocycles. The Balaban J connectivity index is 1.61. The predicted octanol–water partition coefficient (Wildman–Crippen LogP) is 4.85. The number of carbonyl (C=O) groups excluding carboxylic acids is 1. The third kappa shape index (κ3) is 3.90. The van der Waals surface area contributed by atoms with E-state index in [2.05, 4.69) is 5.32 Å². The van der Waals surface area contributed by atoms with E-state index < -0.39 is 0 Å². The maximum absolute atomic E-state index is 13.8. The molecule has 0 bridgehead atoms. The molecule has 0 spiro atoms. The average Bonchev–Trinajstić information content (AvgIpc) is 2.58. The van der Waals surface area contributed by atoms with E-state index in [1.807, 2.05) is 48.5 Å². The first kappa shape index (κ1) is 15.6. The Bertz CT molecular complexity index is 820. The molecule has 1 N–H and O–H groups in total. The minimum Gasteiger partial charge on any atom is -0.325 e. The summed E-state index contributed by atoms with van der Waals surface area (Å²) in [6.45, 7) is 0. The van der Waals surface area contributed by atoms with Gasteiger partial charge in [0.25, 0.3) is 0 Å². The fraction of sp³-hybridized carbons (Fsp3) is 0.105. The van der Waals surface area contributed by atoms with Gasteiger partial charge in [-0.1, -0.05) is 48.5 Å². The van der Waals surface area contributed by atoms with Gasteiger partial charge in [-0.2, -0.15) is 0 Å². The average molecular weight is 325 g/mol. The number of carbonyl (C=O) groups is 1. The van der Waals surface area contributed by atoms with E-state index in [1.54, 1.807) is 12.1 Å². The Morgan fingerprint density at radius 2 is 1.61 bits per heavy atom. The molecule has 3 aromatic carbocycles. The van der Waals surface area contributed by atoms with Crippen LogP contribution < -0.4 is 5.32 Å². The highest BCUT2D eigenvalue weighted by molar-refractivity contribution is 7.99. The molecule has 0 atom stereocenters. The number of nitrogens with one attached hydrogen (secondary N) is 1. The number of halogens is 1. The fourth-order valence-corrected chi connectivity index (χ4v) is 3.25. The first-order chi connectivity index (χ1) is 11.2. The summed E-state index contributed by atoms with van der Waals surface area (Å²) in [6, 6.07) is 20.1. The molecular formula is C19H16FNOS. The van der Waals surface area contributed by atoms with Crippen molar-refractivity contribution < 1.29 is 9.18 Å². The Morgan fingerprint density at radius 1 is 0.913 bits per heavy atom. The van der Waals surface area contributed by atoms with Gasteiger partial charge in [-0.05, 0) is 29.1 Å². The van der Waals surface area contributed by atoms with E-state index >= 15 is 0 Å². The van der Waals surface area contributed by atoms with E-state index in [1.165, 1.54) is 17.8 Å². The zero-order valence-corrected chi connectivity index (χ0v) is 13.3. The number of anilines is 1. The van der Waals surface area contributed by atoms with Crippen LogP contribution in [0.2, 0.25) is 0 Å². The first-order valence-electron chi connectivity index (χ1n) is 7.33. The molecule has 0 aromatic heterocycles. The number of amides is 1. The molecule has 0 heterocycles. The maximum Gasteiger partial charge on any atom is 0.234 e. The second-order valence-electron chi connectivity index (χ2n) is 5.16. The van der Waals surface area contributed by atoms with Gasteiger partial charge in [0.1, 0.15) is 5.82 Å². The van der Waals surface area contributed by atoms with Crippen LogP contribution in [0.4, 0.5) is 10.1 Å². The van der Waals surface area contributed by atoms with Crippen LogP contribution in [0.1, 0.15) is 5.56 Å². The van der Waals surface area contributed by atoms with Crippen LogP contribution in [-0.4, -0.2) is 11.7 Å². The van der Waals surface area contributed by atoms with E-state index in [0.29, 0.717) is 16.9 Å². The van der Waals surface area contributed by atoms with Crippen LogP contribution in [0.25, 0.3) is 10.8 Å². The van der Waals surface area contributed by atoms with Crippen molar-refractivity contribution in [2.45, 2.75) is 5.75 Å². The first-order valence-corrected chi connectivity index (χ1v) is 8.48. The number of para-hydroxylation sites is 1. The van der Waals surface area contributed by atoms with Gasteiger partial charge in [-0.25, -0.2) is 4.39 Å². The van der Waals surface area contributed by atoms with Gasteiger partial charge in [0.15, 0.2) is 0 Å². The van der Waals surface area contributed by atoms with E-state index in [4.69, 9.17) is 0 Å². The Labute approximate surface area is 138 Å². The molecule has 2 nitrogen and oxygen atoms in total. The summed E-state index contributed by atoms with van der Waals surface area (Å²) in [5.74, 6) is 0.785. The molecule has 4 heteroatoms. The zero-order chi connectivity index (χ0) is 16.1. The lowest BCUT2D eigenvalue weighted by atomic mass is 10.1. The molecule has 0 aliphatic carbocycles. The van der Waals surface area contributed by atoms with E-state index in [9.17, 15) is 9.18 Å². The zero-order valence-electron chi connectivity index (χ0n) is 12.5. The summed E-state index contributed by atoms with van der Waals surface area (Å²) in [5, 5.41) is 4.39. The summed E-state index contributed by atoms with van der Waals surface area (Å²) in [7, 11) is 0. The molecule has 0 saturated carbocycles. The Morgan fingerprint density at radius 3 is 2.39 bits per heavy atom. The third-order valence-corrected chi connectivity index (χ3v) is 4.49. The second-order valence-corrected chi connectivity index (χ2v) is 6.14. The number of hydrogen-bond donors (Lipinski definition) is 1. The van der Waals surface area contributed by atoms with Crippen molar-refractivity contribution in [2.75, 3.05) is 11.1 Å². The van der Waals surface area contributed by atoms with Crippen molar-refractivity contribution in [3.63, 3.8) is 0 Å². The summed E-state index contributed by atoms with van der Waals surface area (Å²) in [5.41, 5.74) is 1.84. The molecule has 0 aliphatic rings. The lowest BCUT2D eigenvalue weighted by molar-refractivity contribution is -0.113. The topological polar surface area (TPSA) is 29.1 Å². The highest BCUT2D eigenvalue weighted by atomic mass is 32.2. The lowest BCUT2D eigenvalue weighted by Gasteiger charge is -2.08. The van der Waals surface area contributed by atoms with Gasteiger partial charge < -0.3 is 5.32 Å². The van der Waals surface area contributed by atoms with E-state index in [-0.39, 0.29) is 11.7 Å². The van der Waals surface area contributed by atoms with Crippen molar-refractivity contribution >= 4 is 34.1 Å². The van der Waals surface area contributed by atoms with Gasteiger partial charge >= 0.3 is 0 Å². The number of hydrogen-bond acceptors (Lipinski definition) is 2.